The lowest BCUT2D eigenvalue weighted by molar-refractivity contribution is -0.139. The first-order valence-electron chi connectivity index (χ1n) is 13.3. The number of carbonyl (C=O) groups is 2. The number of amides is 2. The van der Waals surface area contributed by atoms with Crippen molar-refractivity contribution in [3.8, 4) is 0 Å². The van der Waals surface area contributed by atoms with Crippen LogP contribution in [0, 0.1) is 20.8 Å². The van der Waals surface area contributed by atoms with Crippen molar-refractivity contribution in [2.75, 3.05) is 10.8 Å². The van der Waals surface area contributed by atoms with Gasteiger partial charge >= 0.3 is 0 Å². The molecule has 0 spiro atoms. The molecule has 214 valence electrons. The van der Waals surface area contributed by atoms with Gasteiger partial charge in [-0.15, -0.1) is 0 Å². The number of halogens is 1. The predicted molar refractivity (Wildman–Crippen MR) is 161 cm³/mol. The Balaban J connectivity index is 2.05. The zero-order chi connectivity index (χ0) is 29.6. The van der Waals surface area contributed by atoms with E-state index in [4.69, 9.17) is 11.6 Å². The predicted octanol–water partition coefficient (Wildman–Crippen LogP) is 5.79. The Morgan fingerprint density at radius 2 is 1.60 bits per heavy atom. The highest BCUT2D eigenvalue weighted by Gasteiger charge is 2.33. The van der Waals surface area contributed by atoms with Gasteiger partial charge in [-0.25, -0.2) is 8.42 Å². The number of benzene rings is 3. The lowest BCUT2D eigenvalue weighted by Gasteiger charge is -2.32. The van der Waals surface area contributed by atoms with Crippen LogP contribution in [-0.4, -0.2) is 43.8 Å². The Hall–Kier alpha value is -3.36. The van der Waals surface area contributed by atoms with E-state index in [1.54, 1.807) is 19.1 Å². The average molecular weight is 584 g/mol. The van der Waals surface area contributed by atoms with E-state index < -0.39 is 28.5 Å². The van der Waals surface area contributed by atoms with Crippen LogP contribution in [0.5, 0.6) is 0 Å². The van der Waals surface area contributed by atoms with E-state index in [-0.39, 0.29) is 23.4 Å². The summed E-state index contributed by atoms with van der Waals surface area (Å²) in [5.74, 6) is -0.794. The molecule has 0 aliphatic rings. The summed E-state index contributed by atoms with van der Waals surface area (Å²) in [6.45, 7) is 11.0. The topological polar surface area (TPSA) is 86.8 Å². The molecule has 0 aromatic heterocycles. The first-order valence-corrected chi connectivity index (χ1v) is 15.2. The number of carbonyl (C=O) groups excluding carboxylic acids is 2. The van der Waals surface area contributed by atoms with Crippen molar-refractivity contribution in [1.29, 1.82) is 0 Å². The smallest absolute Gasteiger partial charge is 0.264 e. The van der Waals surface area contributed by atoms with E-state index in [2.05, 4.69) is 5.32 Å². The molecule has 0 saturated carbocycles. The van der Waals surface area contributed by atoms with Crippen LogP contribution in [0.1, 0.15) is 49.4 Å². The number of sulfonamides is 1. The molecule has 40 heavy (non-hydrogen) atoms. The van der Waals surface area contributed by atoms with Gasteiger partial charge in [0.2, 0.25) is 11.8 Å². The summed E-state index contributed by atoms with van der Waals surface area (Å²) in [4.78, 5) is 28.6. The summed E-state index contributed by atoms with van der Waals surface area (Å²) >= 11 is 6.01. The summed E-state index contributed by atoms with van der Waals surface area (Å²) in [7, 11) is -4.15. The fourth-order valence-corrected chi connectivity index (χ4v) is 5.73. The van der Waals surface area contributed by atoms with Gasteiger partial charge in [0, 0.05) is 17.6 Å². The summed E-state index contributed by atoms with van der Waals surface area (Å²) in [5, 5.41) is 3.35. The van der Waals surface area contributed by atoms with E-state index in [1.165, 1.54) is 29.2 Å². The van der Waals surface area contributed by atoms with Crippen LogP contribution in [0.15, 0.2) is 71.6 Å². The molecule has 0 radical (unpaired) electrons. The molecule has 0 aliphatic heterocycles. The Morgan fingerprint density at radius 1 is 0.925 bits per heavy atom. The minimum Gasteiger partial charge on any atom is -0.352 e. The number of nitrogens with zero attached hydrogens (tertiary/aromatic N) is 2. The van der Waals surface area contributed by atoms with Gasteiger partial charge in [-0.1, -0.05) is 54.4 Å². The third-order valence-corrected chi connectivity index (χ3v) is 9.10. The number of anilines is 1. The fraction of sp³-hybridized carbons (Fsp3) is 0.355. The maximum atomic E-state index is 14.0. The molecule has 9 heteroatoms. The van der Waals surface area contributed by atoms with E-state index in [9.17, 15) is 18.0 Å². The number of nitrogens with one attached hydrogen (secondary N) is 1. The van der Waals surface area contributed by atoms with Gasteiger partial charge in [0.25, 0.3) is 10.0 Å². The molecule has 7 nitrogen and oxygen atoms in total. The third-order valence-electron chi connectivity index (χ3n) is 7.06. The number of hydrogen-bond donors (Lipinski definition) is 1. The number of aryl methyl sites for hydroxylation is 3. The van der Waals surface area contributed by atoms with Gasteiger partial charge in [-0.2, -0.15) is 0 Å². The van der Waals surface area contributed by atoms with Gasteiger partial charge in [0.05, 0.1) is 10.6 Å². The molecule has 0 saturated heterocycles. The second-order valence-corrected chi connectivity index (χ2v) is 12.5. The summed E-state index contributed by atoms with van der Waals surface area (Å²) in [5.41, 5.74) is 4.10. The van der Waals surface area contributed by atoms with Crippen molar-refractivity contribution in [2.24, 2.45) is 0 Å². The second-order valence-electron chi connectivity index (χ2n) is 10.2. The molecule has 0 fully saturated rings. The van der Waals surface area contributed by atoms with Crippen molar-refractivity contribution in [2.45, 2.75) is 71.5 Å². The molecular formula is C31H38ClN3O4S. The highest BCUT2D eigenvalue weighted by atomic mass is 35.5. The molecule has 0 heterocycles. The Morgan fingerprint density at radius 3 is 2.20 bits per heavy atom. The number of hydrogen-bond acceptors (Lipinski definition) is 4. The largest absolute Gasteiger partial charge is 0.352 e. The quantitative estimate of drug-likeness (QED) is 0.309. The van der Waals surface area contributed by atoms with Crippen molar-refractivity contribution in [1.82, 2.24) is 10.2 Å². The standard InChI is InChI=1S/C31H38ClN3O4S/c1-7-24(5)33-31(37)25(6)34(19-26-10-8-9-21(2)17-26)30(36)20-35(28-14-11-22(3)23(4)18-28)40(38,39)29-15-12-27(32)13-16-29/h8-18,24-25H,7,19-20H2,1-6H3,(H,33,37)/t24-,25+/m0/s1. The van der Waals surface area contributed by atoms with Crippen LogP contribution in [-0.2, 0) is 26.2 Å². The molecule has 0 unspecified atom stereocenters. The molecule has 0 aliphatic carbocycles. The SMILES string of the molecule is CC[C@H](C)NC(=O)[C@@H](C)N(Cc1cccc(C)c1)C(=O)CN(c1ccc(C)c(C)c1)S(=O)(=O)c1ccc(Cl)cc1. The van der Waals surface area contributed by atoms with Crippen molar-refractivity contribution < 1.29 is 18.0 Å². The first-order chi connectivity index (χ1) is 18.8. The van der Waals surface area contributed by atoms with E-state index in [0.717, 1.165) is 33.0 Å². The van der Waals surface area contributed by atoms with E-state index in [1.807, 2.05) is 65.0 Å². The van der Waals surface area contributed by atoms with E-state index in [0.29, 0.717) is 10.7 Å². The average Bonchev–Trinajstić information content (AvgIpc) is 2.91. The molecule has 1 N–H and O–H groups in total. The monoisotopic (exact) mass is 583 g/mol. The van der Waals surface area contributed by atoms with Crippen molar-refractivity contribution in [3.63, 3.8) is 0 Å². The zero-order valence-electron chi connectivity index (χ0n) is 23.9. The molecular weight excluding hydrogens is 546 g/mol. The molecule has 2 amide bonds. The van der Waals surface area contributed by atoms with E-state index >= 15 is 0 Å². The molecule has 3 aromatic rings. The normalized spacial score (nSPS) is 12.9. The van der Waals surface area contributed by atoms with Gasteiger partial charge in [-0.3, -0.25) is 13.9 Å². The number of rotatable bonds is 11. The van der Waals surface area contributed by atoms with Crippen molar-refractivity contribution >= 4 is 39.1 Å². The van der Waals surface area contributed by atoms with Crippen LogP contribution in [0.4, 0.5) is 5.69 Å². The molecule has 2 atom stereocenters. The molecule has 3 rings (SSSR count). The van der Waals surface area contributed by atoms with Crippen LogP contribution in [0.3, 0.4) is 0 Å². The van der Waals surface area contributed by atoms with Crippen LogP contribution in [0.25, 0.3) is 0 Å². The minimum atomic E-state index is -4.15. The highest BCUT2D eigenvalue weighted by molar-refractivity contribution is 7.92. The van der Waals surface area contributed by atoms with Crippen molar-refractivity contribution in [3.05, 3.63) is 94.0 Å². The van der Waals surface area contributed by atoms with Gasteiger partial charge in [-0.05, 0) is 94.1 Å². The maximum Gasteiger partial charge on any atom is 0.264 e. The Labute approximate surface area is 243 Å². The third kappa shape index (κ3) is 7.64. The lowest BCUT2D eigenvalue weighted by Crippen LogP contribution is -2.52. The second kappa shape index (κ2) is 13.3. The molecule has 0 bridgehead atoms. The maximum absolute atomic E-state index is 14.0. The van der Waals surface area contributed by atoms with Gasteiger partial charge in [0.1, 0.15) is 12.6 Å². The van der Waals surface area contributed by atoms with Crippen LogP contribution >= 0.6 is 11.6 Å². The Kier molecular flexibility index (Phi) is 10.4. The van der Waals surface area contributed by atoms with Crippen LogP contribution in [0.2, 0.25) is 5.02 Å². The van der Waals surface area contributed by atoms with Gasteiger partial charge in [0.15, 0.2) is 0 Å². The fourth-order valence-electron chi connectivity index (χ4n) is 4.20. The summed E-state index contributed by atoms with van der Waals surface area (Å²) in [6.07, 6.45) is 0.740. The summed E-state index contributed by atoms with van der Waals surface area (Å²) in [6, 6.07) is 17.9. The van der Waals surface area contributed by atoms with Crippen LogP contribution < -0.4 is 9.62 Å². The zero-order valence-corrected chi connectivity index (χ0v) is 25.5. The first kappa shape index (κ1) is 31.2. The minimum absolute atomic E-state index is 0.00993. The lowest BCUT2D eigenvalue weighted by atomic mass is 10.1. The molecule has 3 aromatic carbocycles. The van der Waals surface area contributed by atoms with Gasteiger partial charge < -0.3 is 10.2 Å². The summed E-state index contributed by atoms with van der Waals surface area (Å²) < 4.78 is 28.9. The Bertz CT molecular complexity index is 1460. The highest BCUT2D eigenvalue weighted by Crippen LogP contribution is 2.27.